The predicted octanol–water partition coefficient (Wildman–Crippen LogP) is 3.14. The van der Waals surface area contributed by atoms with Crippen LogP contribution in [0.15, 0.2) is 52.3 Å². The number of halogens is 1. The van der Waals surface area contributed by atoms with Crippen LogP contribution in [0.1, 0.15) is 16.8 Å². The van der Waals surface area contributed by atoms with Gasteiger partial charge in [-0.25, -0.2) is 4.98 Å². The Labute approximate surface area is 176 Å². The Morgan fingerprint density at radius 1 is 1.15 bits per heavy atom. The molecule has 27 heavy (non-hydrogen) atoms. The fourth-order valence-corrected chi connectivity index (χ4v) is 2.49. The molecule has 0 saturated heterocycles. The summed E-state index contributed by atoms with van der Waals surface area (Å²) >= 11 is 0. The molecule has 144 valence electrons. The Hall–Kier alpha value is -2.36. The van der Waals surface area contributed by atoms with E-state index in [9.17, 15) is 0 Å². The lowest BCUT2D eigenvalue weighted by Crippen LogP contribution is -2.38. The summed E-state index contributed by atoms with van der Waals surface area (Å²) in [6, 6.07) is 8.11. The molecule has 2 aromatic heterocycles. The summed E-state index contributed by atoms with van der Waals surface area (Å²) in [6.07, 6.45) is 5.53. The summed E-state index contributed by atoms with van der Waals surface area (Å²) < 4.78 is 7.48. The Morgan fingerprint density at radius 2 is 1.93 bits per heavy atom. The van der Waals surface area contributed by atoms with Crippen molar-refractivity contribution in [2.45, 2.75) is 26.9 Å². The summed E-state index contributed by atoms with van der Waals surface area (Å²) in [5.41, 5.74) is 4.16. The highest BCUT2D eigenvalue weighted by Crippen LogP contribution is 2.18. The average Bonchev–Trinajstić information content (AvgIpc) is 3.28. The molecule has 0 fully saturated rings. The molecule has 0 atom stereocenters. The summed E-state index contributed by atoms with van der Waals surface area (Å²) in [5.74, 6) is 1.34. The first-order valence-corrected chi connectivity index (χ1v) is 8.59. The molecule has 8 heteroatoms. The van der Waals surface area contributed by atoms with Crippen LogP contribution < -0.4 is 10.6 Å². The number of guanidine groups is 1. The normalized spacial score (nSPS) is 11.1. The molecule has 7 nitrogen and oxygen atoms in total. The zero-order valence-corrected chi connectivity index (χ0v) is 18.1. The lowest BCUT2D eigenvalue weighted by Gasteiger charge is -2.10. The molecule has 2 heterocycles. The smallest absolute Gasteiger partial charge is 0.226 e. The predicted molar refractivity (Wildman–Crippen MR) is 117 cm³/mol. The number of aromatic nitrogens is 3. The number of aryl methyl sites for hydroxylation is 2. The van der Waals surface area contributed by atoms with E-state index >= 15 is 0 Å². The summed E-state index contributed by atoms with van der Waals surface area (Å²) in [4.78, 5) is 8.74. The van der Waals surface area contributed by atoms with Gasteiger partial charge in [0.2, 0.25) is 5.89 Å². The van der Waals surface area contributed by atoms with E-state index < -0.39 is 0 Å². The van der Waals surface area contributed by atoms with Crippen molar-refractivity contribution >= 4 is 29.9 Å². The Kier molecular flexibility index (Phi) is 7.83. The second kappa shape index (κ2) is 10.1. The fourth-order valence-electron chi connectivity index (χ4n) is 2.49. The van der Waals surface area contributed by atoms with Gasteiger partial charge in [0.25, 0.3) is 0 Å². The molecule has 0 bridgehead atoms. The van der Waals surface area contributed by atoms with Crippen molar-refractivity contribution in [1.29, 1.82) is 0 Å². The zero-order chi connectivity index (χ0) is 18.4. The number of nitrogens with zero attached hydrogens (tertiary/aromatic N) is 4. The van der Waals surface area contributed by atoms with Gasteiger partial charge in [0.15, 0.2) is 5.96 Å². The van der Waals surface area contributed by atoms with E-state index in [1.54, 1.807) is 13.3 Å². The minimum atomic E-state index is 0. The SMILES string of the molecule is CN=C(NCCn1cc(C)cn1)NCc1coc(-c2ccc(C)cc2)n1.I. The average molecular weight is 480 g/mol. The molecule has 0 spiro atoms. The third kappa shape index (κ3) is 6.09. The van der Waals surface area contributed by atoms with Crippen LogP contribution in [0.3, 0.4) is 0 Å². The van der Waals surface area contributed by atoms with Gasteiger partial charge in [-0.15, -0.1) is 24.0 Å². The van der Waals surface area contributed by atoms with Gasteiger partial charge < -0.3 is 15.1 Å². The lowest BCUT2D eigenvalue weighted by atomic mass is 10.1. The summed E-state index contributed by atoms with van der Waals surface area (Å²) in [5, 5.41) is 10.8. The van der Waals surface area contributed by atoms with Crippen molar-refractivity contribution < 1.29 is 4.42 Å². The number of benzene rings is 1. The third-order valence-corrected chi connectivity index (χ3v) is 3.91. The van der Waals surface area contributed by atoms with E-state index in [0.29, 0.717) is 18.4 Å². The molecule has 0 radical (unpaired) electrons. The number of aliphatic imine (C=N–C) groups is 1. The minimum absolute atomic E-state index is 0. The Balaban J connectivity index is 0.00000261. The molecule has 1 aromatic carbocycles. The molecule has 0 aliphatic heterocycles. The first-order chi connectivity index (χ1) is 12.6. The molecular weight excluding hydrogens is 455 g/mol. The van der Waals surface area contributed by atoms with Gasteiger partial charge >= 0.3 is 0 Å². The van der Waals surface area contributed by atoms with Gasteiger partial charge in [-0.3, -0.25) is 9.67 Å². The molecule has 2 N–H and O–H groups in total. The topological polar surface area (TPSA) is 80.3 Å². The largest absolute Gasteiger partial charge is 0.444 e. The maximum Gasteiger partial charge on any atom is 0.226 e. The van der Waals surface area contributed by atoms with Crippen molar-refractivity contribution in [3.8, 4) is 11.5 Å². The van der Waals surface area contributed by atoms with Crippen molar-refractivity contribution in [1.82, 2.24) is 25.4 Å². The number of hydrogen-bond acceptors (Lipinski definition) is 4. The Bertz CT molecular complexity index is 868. The van der Waals surface area contributed by atoms with E-state index in [1.807, 2.05) is 48.3 Å². The van der Waals surface area contributed by atoms with Crippen LogP contribution in [0.4, 0.5) is 0 Å². The van der Waals surface area contributed by atoms with E-state index in [2.05, 4.69) is 32.6 Å². The summed E-state index contributed by atoms with van der Waals surface area (Å²) in [6.45, 7) is 6.13. The second-order valence-electron chi connectivity index (χ2n) is 6.14. The number of oxazole rings is 1. The molecular formula is C19H25IN6O. The van der Waals surface area contributed by atoms with Crippen LogP contribution >= 0.6 is 24.0 Å². The molecule has 0 aliphatic rings. The van der Waals surface area contributed by atoms with Gasteiger partial charge in [0.1, 0.15) is 6.26 Å². The van der Waals surface area contributed by atoms with E-state index in [-0.39, 0.29) is 24.0 Å². The first-order valence-electron chi connectivity index (χ1n) is 8.59. The van der Waals surface area contributed by atoms with Gasteiger partial charge in [-0.2, -0.15) is 5.10 Å². The minimum Gasteiger partial charge on any atom is -0.444 e. The van der Waals surface area contributed by atoms with Gasteiger partial charge in [0.05, 0.1) is 25.0 Å². The van der Waals surface area contributed by atoms with Crippen LogP contribution in [-0.2, 0) is 13.1 Å². The van der Waals surface area contributed by atoms with Gasteiger partial charge in [-0.1, -0.05) is 17.7 Å². The maximum absolute atomic E-state index is 5.57. The van der Waals surface area contributed by atoms with Crippen LogP contribution in [0, 0.1) is 13.8 Å². The highest BCUT2D eigenvalue weighted by molar-refractivity contribution is 14.0. The highest BCUT2D eigenvalue weighted by Gasteiger charge is 2.07. The maximum atomic E-state index is 5.57. The van der Waals surface area contributed by atoms with Crippen LogP contribution in [0.2, 0.25) is 0 Å². The van der Waals surface area contributed by atoms with Gasteiger partial charge in [-0.05, 0) is 31.5 Å². The number of nitrogens with one attached hydrogen (secondary N) is 2. The second-order valence-corrected chi connectivity index (χ2v) is 6.14. The van der Waals surface area contributed by atoms with E-state index in [4.69, 9.17) is 4.42 Å². The molecule has 0 aliphatic carbocycles. The van der Waals surface area contributed by atoms with Crippen molar-refractivity contribution in [3.63, 3.8) is 0 Å². The van der Waals surface area contributed by atoms with Gasteiger partial charge in [0, 0.05) is 25.4 Å². The molecule has 3 aromatic rings. The van der Waals surface area contributed by atoms with Crippen LogP contribution in [0.25, 0.3) is 11.5 Å². The molecule has 0 amide bonds. The van der Waals surface area contributed by atoms with Crippen molar-refractivity contribution in [2.75, 3.05) is 13.6 Å². The standard InChI is InChI=1S/C19H24N6O.HI/c1-14-4-6-16(7-5-14)18-24-17(13-26-18)11-22-19(20-3)21-8-9-25-12-15(2)10-23-25;/h4-7,10,12-13H,8-9,11H2,1-3H3,(H2,20,21,22);1H. The Morgan fingerprint density at radius 3 is 2.59 bits per heavy atom. The zero-order valence-electron chi connectivity index (χ0n) is 15.8. The van der Waals surface area contributed by atoms with E-state index in [1.165, 1.54) is 5.56 Å². The fraction of sp³-hybridized carbons (Fsp3) is 0.316. The lowest BCUT2D eigenvalue weighted by molar-refractivity contribution is 0.571. The number of hydrogen-bond donors (Lipinski definition) is 2. The molecule has 3 rings (SSSR count). The quantitative estimate of drug-likeness (QED) is 0.322. The van der Waals surface area contributed by atoms with Crippen LogP contribution in [-0.4, -0.2) is 34.3 Å². The first kappa shape index (κ1) is 20.9. The van der Waals surface area contributed by atoms with Crippen LogP contribution in [0.5, 0.6) is 0 Å². The van der Waals surface area contributed by atoms with Crippen molar-refractivity contribution in [3.05, 3.63) is 59.7 Å². The molecule has 0 unspecified atom stereocenters. The van der Waals surface area contributed by atoms with Crippen molar-refractivity contribution in [2.24, 2.45) is 4.99 Å². The third-order valence-electron chi connectivity index (χ3n) is 3.91. The van der Waals surface area contributed by atoms with E-state index in [0.717, 1.165) is 29.9 Å². The number of rotatable bonds is 6. The summed E-state index contributed by atoms with van der Waals surface area (Å²) in [7, 11) is 1.74. The highest BCUT2D eigenvalue weighted by atomic mass is 127. The molecule has 0 saturated carbocycles. The monoisotopic (exact) mass is 480 g/mol.